The molecule has 0 saturated carbocycles. The lowest BCUT2D eigenvalue weighted by molar-refractivity contribution is 0.670. The molecule has 41 heavy (non-hydrogen) atoms. The van der Waals surface area contributed by atoms with Crippen LogP contribution in [0.25, 0.3) is 77.1 Å². The van der Waals surface area contributed by atoms with Crippen molar-refractivity contribution in [2.75, 3.05) is 0 Å². The van der Waals surface area contributed by atoms with Crippen molar-refractivity contribution < 1.29 is 4.42 Å². The van der Waals surface area contributed by atoms with Crippen LogP contribution in [0.2, 0.25) is 0 Å². The van der Waals surface area contributed by atoms with Gasteiger partial charge in [-0.3, -0.25) is 0 Å². The molecule has 0 N–H and O–H groups in total. The van der Waals surface area contributed by atoms with Gasteiger partial charge in [0.2, 0.25) is 0 Å². The summed E-state index contributed by atoms with van der Waals surface area (Å²) in [5.74, 6) is 0. The highest BCUT2D eigenvalue weighted by Crippen LogP contribution is 2.38. The normalized spacial score (nSPS) is 11.9. The lowest BCUT2D eigenvalue weighted by Gasteiger charge is -2.10. The van der Waals surface area contributed by atoms with Gasteiger partial charge in [0, 0.05) is 50.1 Å². The monoisotopic (exact) mass is 524 g/mol. The van der Waals surface area contributed by atoms with Crippen molar-refractivity contribution >= 4 is 54.6 Å². The minimum Gasteiger partial charge on any atom is -0.455 e. The molecule has 0 aliphatic carbocycles. The Bertz CT molecular complexity index is 2400. The number of benzene rings is 6. The lowest BCUT2D eigenvalue weighted by Crippen LogP contribution is -1.94. The van der Waals surface area contributed by atoms with E-state index in [1.165, 1.54) is 38.4 Å². The van der Waals surface area contributed by atoms with E-state index in [4.69, 9.17) is 4.42 Å². The molecule has 192 valence electrons. The second-order valence-electron chi connectivity index (χ2n) is 10.6. The summed E-state index contributed by atoms with van der Waals surface area (Å²) in [6, 6.07) is 49.6. The maximum atomic E-state index is 6.32. The Morgan fingerprint density at radius 3 is 2.10 bits per heavy atom. The fraction of sp³-hybridized carbons (Fsp3) is 0. The quantitative estimate of drug-likeness (QED) is 0.225. The summed E-state index contributed by atoms with van der Waals surface area (Å²) in [4.78, 5) is 0. The maximum Gasteiger partial charge on any atom is 0.143 e. The Kier molecular flexibility index (Phi) is 4.61. The van der Waals surface area contributed by atoms with Gasteiger partial charge >= 0.3 is 0 Å². The second-order valence-corrected chi connectivity index (χ2v) is 10.6. The highest BCUT2D eigenvalue weighted by molar-refractivity contribution is 6.13. The van der Waals surface area contributed by atoms with E-state index in [0.29, 0.717) is 0 Å². The average Bonchev–Trinajstić information content (AvgIpc) is 3.72. The van der Waals surface area contributed by atoms with E-state index in [9.17, 15) is 0 Å². The predicted octanol–water partition coefficient (Wildman–Crippen LogP) is 10.3. The molecule has 3 nitrogen and oxygen atoms in total. The molecule has 0 unspecified atom stereocenters. The average molecular weight is 525 g/mol. The van der Waals surface area contributed by atoms with Crippen LogP contribution in [0.15, 0.2) is 150 Å². The zero-order valence-electron chi connectivity index (χ0n) is 22.2. The molecule has 0 bridgehead atoms. The summed E-state index contributed by atoms with van der Waals surface area (Å²) in [7, 11) is 0. The Morgan fingerprint density at radius 2 is 1.22 bits per heavy atom. The van der Waals surface area contributed by atoms with E-state index < -0.39 is 0 Å². The lowest BCUT2D eigenvalue weighted by atomic mass is 10.0. The van der Waals surface area contributed by atoms with E-state index in [2.05, 4.69) is 143 Å². The van der Waals surface area contributed by atoms with Crippen molar-refractivity contribution in [3.8, 4) is 22.5 Å². The number of hydrogen-bond acceptors (Lipinski definition) is 1. The van der Waals surface area contributed by atoms with Crippen LogP contribution in [0.3, 0.4) is 0 Å². The van der Waals surface area contributed by atoms with Crippen LogP contribution >= 0.6 is 0 Å². The topological polar surface area (TPSA) is 23.0 Å². The number of rotatable bonds is 3. The van der Waals surface area contributed by atoms with Gasteiger partial charge in [0.05, 0.1) is 16.6 Å². The molecule has 0 amide bonds. The molecule has 9 rings (SSSR count). The molecule has 0 aliphatic heterocycles. The van der Waals surface area contributed by atoms with Gasteiger partial charge in [-0.1, -0.05) is 84.9 Å². The molecule has 3 heterocycles. The number of para-hydroxylation sites is 4. The highest BCUT2D eigenvalue weighted by atomic mass is 16.3. The van der Waals surface area contributed by atoms with Gasteiger partial charge in [0.15, 0.2) is 0 Å². The zero-order valence-corrected chi connectivity index (χ0v) is 22.2. The third kappa shape index (κ3) is 3.26. The first-order chi connectivity index (χ1) is 20.3. The van der Waals surface area contributed by atoms with Gasteiger partial charge < -0.3 is 13.6 Å². The summed E-state index contributed by atoms with van der Waals surface area (Å²) in [6.45, 7) is 0. The smallest absolute Gasteiger partial charge is 0.143 e. The Morgan fingerprint density at radius 1 is 0.463 bits per heavy atom. The molecule has 3 heteroatoms. The molecule has 0 atom stereocenters. The number of aromatic nitrogens is 2. The Hall–Kier alpha value is -5.54. The zero-order chi connectivity index (χ0) is 26.9. The van der Waals surface area contributed by atoms with Crippen LogP contribution in [0.1, 0.15) is 0 Å². The summed E-state index contributed by atoms with van der Waals surface area (Å²) in [5, 5.41) is 6.02. The molecule has 3 aromatic heterocycles. The molecule has 0 saturated heterocycles. The largest absolute Gasteiger partial charge is 0.455 e. The minimum atomic E-state index is 0.921. The van der Waals surface area contributed by atoms with Crippen LogP contribution < -0.4 is 0 Å². The van der Waals surface area contributed by atoms with Crippen LogP contribution in [0.5, 0.6) is 0 Å². The third-order valence-corrected chi connectivity index (χ3v) is 8.36. The Balaban J connectivity index is 1.23. The number of fused-ring (bicyclic) bond motifs is 7. The number of hydrogen-bond donors (Lipinski definition) is 0. The second kappa shape index (κ2) is 8.48. The molecule has 9 aromatic rings. The van der Waals surface area contributed by atoms with Gasteiger partial charge in [-0.15, -0.1) is 0 Å². The molecule has 0 radical (unpaired) electrons. The fourth-order valence-corrected chi connectivity index (χ4v) is 6.45. The molecule has 0 aliphatic rings. The van der Waals surface area contributed by atoms with Crippen LogP contribution in [-0.4, -0.2) is 9.13 Å². The SMILES string of the molecule is c1ccc(-n2ccc3cc4c(cc32)c2ccccc2n4-c2ccc(-c3cccc4c3oc3ccccc34)cc2)cc1. The van der Waals surface area contributed by atoms with E-state index in [1.54, 1.807) is 0 Å². The summed E-state index contributed by atoms with van der Waals surface area (Å²) < 4.78 is 11.0. The van der Waals surface area contributed by atoms with Crippen LogP contribution in [-0.2, 0) is 0 Å². The summed E-state index contributed by atoms with van der Waals surface area (Å²) in [6.07, 6.45) is 2.17. The van der Waals surface area contributed by atoms with Crippen molar-refractivity contribution in [2.24, 2.45) is 0 Å². The van der Waals surface area contributed by atoms with Crippen LogP contribution in [0.4, 0.5) is 0 Å². The minimum absolute atomic E-state index is 0.921. The molecular weight excluding hydrogens is 500 g/mol. The van der Waals surface area contributed by atoms with E-state index in [-0.39, 0.29) is 0 Å². The third-order valence-electron chi connectivity index (χ3n) is 8.36. The number of furan rings is 1. The molecule has 0 fully saturated rings. The van der Waals surface area contributed by atoms with E-state index >= 15 is 0 Å². The molecule has 0 spiro atoms. The number of nitrogens with zero attached hydrogens (tertiary/aromatic N) is 2. The van der Waals surface area contributed by atoms with Gasteiger partial charge in [0.25, 0.3) is 0 Å². The van der Waals surface area contributed by atoms with Crippen LogP contribution in [0, 0.1) is 0 Å². The first-order valence-corrected chi connectivity index (χ1v) is 13.9. The maximum absolute atomic E-state index is 6.32. The van der Waals surface area contributed by atoms with Gasteiger partial charge in [0.1, 0.15) is 11.2 Å². The Labute approximate surface area is 236 Å². The van der Waals surface area contributed by atoms with Gasteiger partial charge in [-0.2, -0.15) is 0 Å². The summed E-state index contributed by atoms with van der Waals surface area (Å²) >= 11 is 0. The van der Waals surface area contributed by atoms with E-state index in [1.807, 2.05) is 12.1 Å². The first-order valence-electron chi connectivity index (χ1n) is 13.9. The highest BCUT2D eigenvalue weighted by Gasteiger charge is 2.16. The van der Waals surface area contributed by atoms with Crippen molar-refractivity contribution in [1.29, 1.82) is 0 Å². The first kappa shape index (κ1) is 22.3. The van der Waals surface area contributed by atoms with E-state index in [0.717, 1.165) is 38.8 Å². The van der Waals surface area contributed by atoms with Gasteiger partial charge in [-0.25, -0.2) is 0 Å². The van der Waals surface area contributed by atoms with Crippen molar-refractivity contribution in [3.05, 3.63) is 146 Å². The fourth-order valence-electron chi connectivity index (χ4n) is 6.45. The standard InChI is InChI=1S/C38H24N2O/c1-2-9-27(10-3-1)39-22-21-26-23-36-33(24-35(26)39)30-11-4-6-15-34(30)40(36)28-19-17-25(18-20-28)29-13-8-14-32-31-12-5-7-16-37(31)41-38(29)32/h1-24H. The molecular formula is C38H24N2O. The van der Waals surface area contributed by atoms with Crippen molar-refractivity contribution in [2.45, 2.75) is 0 Å². The van der Waals surface area contributed by atoms with Crippen molar-refractivity contribution in [3.63, 3.8) is 0 Å². The predicted molar refractivity (Wildman–Crippen MR) is 170 cm³/mol. The van der Waals surface area contributed by atoms with Gasteiger partial charge in [-0.05, 0) is 60.2 Å². The molecule has 6 aromatic carbocycles. The van der Waals surface area contributed by atoms with Crippen molar-refractivity contribution in [1.82, 2.24) is 9.13 Å². The summed E-state index contributed by atoms with van der Waals surface area (Å²) in [5.41, 5.74) is 10.0.